The molecule has 0 unspecified atom stereocenters. The molecule has 0 aliphatic rings. The summed E-state index contributed by atoms with van der Waals surface area (Å²) in [6, 6.07) is 5.84. The van der Waals surface area contributed by atoms with Crippen molar-refractivity contribution in [3.8, 4) is 5.69 Å². The number of halogens is 1. The summed E-state index contributed by atoms with van der Waals surface area (Å²) in [4.78, 5) is 1.39. The van der Waals surface area contributed by atoms with Gasteiger partial charge >= 0.3 is 0 Å². The molecule has 0 atom stereocenters. The lowest BCUT2D eigenvalue weighted by atomic mass is 10.2. The molecule has 2 rings (SSSR count). The molecule has 1 heterocycles. The molecule has 0 aliphatic heterocycles. The molecule has 1 aromatic carbocycles. The maximum atomic E-state index is 5.86. The van der Waals surface area contributed by atoms with Gasteiger partial charge in [0.25, 0.3) is 0 Å². The standard InChI is InChI=1S/C11H10ClN3S2/c1-17-9-4-2-3-8(10(9)11(13)16)15-6-7(12)5-14-15/h2-6H,1H3,(H2,13,16). The van der Waals surface area contributed by atoms with Gasteiger partial charge in [0.1, 0.15) is 4.99 Å². The van der Waals surface area contributed by atoms with Crippen molar-refractivity contribution >= 4 is 40.6 Å². The summed E-state index contributed by atoms with van der Waals surface area (Å²) in [5, 5.41) is 4.74. The molecular formula is C11H10ClN3S2. The van der Waals surface area contributed by atoms with Crippen LogP contribution in [-0.2, 0) is 0 Å². The average molecular weight is 284 g/mol. The molecule has 0 saturated heterocycles. The van der Waals surface area contributed by atoms with Crippen LogP contribution in [0.4, 0.5) is 0 Å². The van der Waals surface area contributed by atoms with Gasteiger partial charge in [-0.05, 0) is 18.4 Å². The summed E-state index contributed by atoms with van der Waals surface area (Å²) >= 11 is 12.6. The van der Waals surface area contributed by atoms with E-state index >= 15 is 0 Å². The van der Waals surface area contributed by atoms with E-state index in [4.69, 9.17) is 29.6 Å². The summed E-state index contributed by atoms with van der Waals surface area (Å²) in [5.41, 5.74) is 7.45. The number of hydrogen-bond donors (Lipinski definition) is 1. The Morgan fingerprint density at radius 2 is 2.29 bits per heavy atom. The number of benzene rings is 1. The Morgan fingerprint density at radius 1 is 1.53 bits per heavy atom. The number of nitrogens with zero attached hydrogens (tertiary/aromatic N) is 2. The third kappa shape index (κ3) is 2.46. The second-order valence-electron chi connectivity index (χ2n) is 3.32. The van der Waals surface area contributed by atoms with Gasteiger partial charge in [0, 0.05) is 16.7 Å². The Kier molecular flexibility index (Phi) is 3.71. The van der Waals surface area contributed by atoms with Gasteiger partial charge in [0.2, 0.25) is 0 Å². The van der Waals surface area contributed by atoms with E-state index in [1.807, 2.05) is 24.5 Å². The van der Waals surface area contributed by atoms with E-state index in [1.54, 1.807) is 28.8 Å². The van der Waals surface area contributed by atoms with Crippen molar-refractivity contribution in [1.29, 1.82) is 0 Å². The minimum Gasteiger partial charge on any atom is -0.389 e. The van der Waals surface area contributed by atoms with E-state index in [0.29, 0.717) is 10.0 Å². The molecule has 0 fully saturated rings. The van der Waals surface area contributed by atoms with Crippen LogP contribution < -0.4 is 5.73 Å². The molecule has 2 N–H and O–H groups in total. The Balaban J connectivity index is 2.65. The largest absolute Gasteiger partial charge is 0.389 e. The molecule has 0 bridgehead atoms. The first-order valence-corrected chi connectivity index (χ1v) is 6.82. The number of thiocarbonyl (C=S) groups is 1. The third-order valence-corrected chi connectivity index (χ3v) is 3.45. The quantitative estimate of drug-likeness (QED) is 0.695. The van der Waals surface area contributed by atoms with Gasteiger partial charge in [0.15, 0.2) is 0 Å². The van der Waals surface area contributed by atoms with Crippen LogP contribution in [0.1, 0.15) is 5.56 Å². The van der Waals surface area contributed by atoms with Crippen molar-refractivity contribution in [1.82, 2.24) is 9.78 Å². The van der Waals surface area contributed by atoms with E-state index in [0.717, 1.165) is 16.1 Å². The van der Waals surface area contributed by atoms with Crippen LogP contribution in [0.3, 0.4) is 0 Å². The zero-order valence-corrected chi connectivity index (χ0v) is 11.4. The van der Waals surface area contributed by atoms with Gasteiger partial charge in [-0.2, -0.15) is 5.10 Å². The maximum absolute atomic E-state index is 5.86. The van der Waals surface area contributed by atoms with Gasteiger partial charge in [-0.25, -0.2) is 4.68 Å². The normalized spacial score (nSPS) is 10.5. The summed E-state index contributed by atoms with van der Waals surface area (Å²) in [6.45, 7) is 0. The van der Waals surface area contributed by atoms with Crippen LogP contribution in [-0.4, -0.2) is 21.0 Å². The molecule has 1 aromatic heterocycles. The highest BCUT2D eigenvalue weighted by atomic mass is 35.5. The van der Waals surface area contributed by atoms with E-state index in [-0.39, 0.29) is 0 Å². The average Bonchev–Trinajstić information content (AvgIpc) is 2.74. The number of rotatable bonds is 3. The monoisotopic (exact) mass is 283 g/mol. The van der Waals surface area contributed by atoms with Crippen molar-refractivity contribution in [3.63, 3.8) is 0 Å². The van der Waals surface area contributed by atoms with Crippen molar-refractivity contribution in [2.45, 2.75) is 4.90 Å². The van der Waals surface area contributed by atoms with Crippen LogP contribution in [0.2, 0.25) is 5.02 Å². The minimum absolute atomic E-state index is 0.358. The Hall–Kier alpha value is -1.04. The highest BCUT2D eigenvalue weighted by Crippen LogP contribution is 2.26. The summed E-state index contributed by atoms with van der Waals surface area (Å²) < 4.78 is 1.68. The Labute approximate surface area is 114 Å². The zero-order chi connectivity index (χ0) is 12.4. The fourth-order valence-corrected chi connectivity index (χ4v) is 2.61. The zero-order valence-electron chi connectivity index (χ0n) is 9.05. The number of hydrogen-bond acceptors (Lipinski definition) is 3. The second kappa shape index (κ2) is 5.08. The molecule has 0 radical (unpaired) electrons. The molecule has 0 aliphatic carbocycles. The van der Waals surface area contributed by atoms with Crippen LogP contribution in [0.15, 0.2) is 35.5 Å². The topological polar surface area (TPSA) is 43.8 Å². The smallest absolute Gasteiger partial charge is 0.107 e. The fraction of sp³-hybridized carbons (Fsp3) is 0.0909. The van der Waals surface area contributed by atoms with Gasteiger partial charge in [0.05, 0.1) is 16.9 Å². The van der Waals surface area contributed by atoms with Gasteiger partial charge in [-0.3, -0.25) is 0 Å². The highest BCUT2D eigenvalue weighted by Gasteiger charge is 2.12. The van der Waals surface area contributed by atoms with Crippen molar-refractivity contribution in [2.75, 3.05) is 6.26 Å². The predicted octanol–water partition coefficient (Wildman–Crippen LogP) is 2.88. The molecule has 0 spiro atoms. The summed E-state index contributed by atoms with van der Waals surface area (Å²) in [6.07, 6.45) is 5.29. The van der Waals surface area contributed by atoms with Crippen LogP contribution in [0, 0.1) is 0 Å². The van der Waals surface area contributed by atoms with Crippen LogP contribution in [0.25, 0.3) is 5.69 Å². The minimum atomic E-state index is 0.358. The summed E-state index contributed by atoms with van der Waals surface area (Å²) in [7, 11) is 0. The lowest BCUT2D eigenvalue weighted by molar-refractivity contribution is 0.875. The SMILES string of the molecule is CSc1cccc(-n2cc(Cl)cn2)c1C(N)=S. The predicted molar refractivity (Wildman–Crippen MR) is 76.2 cm³/mol. The molecule has 6 heteroatoms. The van der Waals surface area contributed by atoms with E-state index in [1.165, 1.54) is 0 Å². The van der Waals surface area contributed by atoms with Gasteiger partial charge in [-0.1, -0.05) is 29.9 Å². The highest BCUT2D eigenvalue weighted by molar-refractivity contribution is 7.98. The molecule has 0 saturated carbocycles. The molecule has 2 aromatic rings. The number of nitrogens with two attached hydrogens (primary N) is 1. The van der Waals surface area contributed by atoms with Gasteiger partial charge in [-0.15, -0.1) is 11.8 Å². The fourth-order valence-electron chi connectivity index (χ4n) is 1.56. The molecule has 0 amide bonds. The van der Waals surface area contributed by atoms with Crippen molar-refractivity contribution in [3.05, 3.63) is 41.2 Å². The molecule has 17 heavy (non-hydrogen) atoms. The summed E-state index contributed by atoms with van der Waals surface area (Å²) in [5.74, 6) is 0. The number of thioether (sulfide) groups is 1. The molecule has 88 valence electrons. The Bertz CT molecular complexity index is 566. The van der Waals surface area contributed by atoms with Crippen molar-refractivity contribution in [2.24, 2.45) is 5.73 Å². The second-order valence-corrected chi connectivity index (χ2v) is 5.05. The van der Waals surface area contributed by atoms with E-state index < -0.39 is 0 Å². The van der Waals surface area contributed by atoms with Crippen molar-refractivity contribution < 1.29 is 0 Å². The van der Waals surface area contributed by atoms with E-state index in [2.05, 4.69) is 5.10 Å². The number of aromatic nitrogens is 2. The lowest BCUT2D eigenvalue weighted by Crippen LogP contribution is -2.15. The van der Waals surface area contributed by atoms with E-state index in [9.17, 15) is 0 Å². The lowest BCUT2D eigenvalue weighted by Gasteiger charge is -2.11. The first kappa shape index (κ1) is 12.4. The van der Waals surface area contributed by atoms with Crippen LogP contribution >= 0.6 is 35.6 Å². The Morgan fingerprint density at radius 3 is 2.82 bits per heavy atom. The maximum Gasteiger partial charge on any atom is 0.107 e. The third-order valence-electron chi connectivity index (χ3n) is 2.27. The molecular weight excluding hydrogens is 274 g/mol. The van der Waals surface area contributed by atoms with Gasteiger partial charge < -0.3 is 5.73 Å². The van der Waals surface area contributed by atoms with Crippen LogP contribution in [0.5, 0.6) is 0 Å². The first-order chi connectivity index (χ1) is 8.13. The molecule has 3 nitrogen and oxygen atoms in total. The first-order valence-electron chi connectivity index (χ1n) is 4.81.